The second kappa shape index (κ2) is 9.80. The van der Waals surface area contributed by atoms with E-state index in [-0.39, 0.29) is 12.3 Å². The van der Waals surface area contributed by atoms with Crippen LogP contribution in [0.15, 0.2) is 24.5 Å². The molecule has 4 N–H and O–H groups in total. The first-order valence-corrected chi connectivity index (χ1v) is 9.51. The van der Waals surface area contributed by atoms with Crippen LogP contribution < -0.4 is 15.7 Å². The number of rotatable bonds is 8. The largest absolute Gasteiger partial charge is 0.363 e. The maximum Gasteiger partial charge on any atom is 0.280 e. The summed E-state index contributed by atoms with van der Waals surface area (Å²) in [4.78, 5) is 43.2. The SMILES string of the molecule is CC(C)CC[C@H](C(=O)NO)C(=O)N[C@@](O)(C(=O)N(C)c1cccnc1)C(C)(C)C. The number of hydroxylamine groups is 1. The average Bonchev–Trinajstić information content (AvgIpc) is 2.66. The first kappa shape index (κ1) is 24.5. The number of likely N-dealkylation sites (N-methyl/N-ethyl adjacent to an activating group) is 1. The summed E-state index contributed by atoms with van der Waals surface area (Å²) in [5.41, 5.74) is -1.49. The molecule has 162 valence electrons. The highest BCUT2D eigenvalue weighted by Crippen LogP contribution is 2.31. The Kier molecular flexibility index (Phi) is 8.28. The van der Waals surface area contributed by atoms with Crippen molar-refractivity contribution in [2.75, 3.05) is 11.9 Å². The van der Waals surface area contributed by atoms with Gasteiger partial charge in [-0.3, -0.25) is 24.6 Å². The molecule has 1 aromatic rings. The van der Waals surface area contributed by atoms with Crippen molar-refractivity contribution in [3.8, 4) is 0 Å². The zero-order chi connectivity index (χ0) is 22.4. The average molecular weight is 408 g/mol. The molecule has 0 spiro atoms. The van der Waals surface area contributed by atoms with Gasteiger partial charge in [0, 0.05) is 18.7 Å². The van der Waals surface area contributed by atoms with E-state index in [9.17, 15) is 19.5 Å². The Labute approximate surface area is 171 Å². The number of anilines is 1. The normalized spacial score (nSPS) is 14.7. The number of amides is 3. The third-order valence-corrected chi connectivity index (χ3v) is 4.81. The van der Waals surface area contributed by atoms with E-state index in [1.165, 1.54) is 23.6 Å². The van der Waals surface area contributed by atoms with Gasteiger partial charge in [-0.15, -0.1) is 0 Å². The molecule has 1 rings (SSSR count). The Balaban J connectivity index is 3.20. The van der Waals surface area contributed by atoms with Gasteiger partial charge in [-0.2, -0.15) is 0 Å². The van der Waals surface area contributed by atoms with E-state index in [4.69, 9.17) is 5.21 Å². The number of aliphatic hydroxyl groups is 1. The molecule has 0 unspecified atom stereocenters. The van der Waals surface area contributed by atoms with Crippen LogP contribution in [0.1, 0.15) is 47.5 Å². The fourth-order valence-corrected chi connectivity index (χ4v) is 2.70. The van der Waals surface area contributed by atoms with Crippen LogP contribution in [-0.2, 0) is 14.4 Å². The molecule has 1 aromatic heterocycles. The minimum absolute atomic E-state index is 0.156. The first-order valence-electron chi connectivity index (χ1n) is 9.51. The number of aromatic nitrogens is 1. The molecular formula is C20H32N4O5. The van der Waals surface area contributed by atoms with E-state index < -0.39 is 34.8 Å². The van der Waals surface area contributed by atoms with Gasteiger partial charge in [-0.1, -0.05) is 34.6 Å². The van der Waals surface area contributed by atoms with Crippen molar-refractivity contribution >= 4 is 23.4 Å². The predicted molar refractivity (Wildman–Crippen MR) is 108 cm³/mol. The predicted octanol–water partition coefficient (Wildman–Crippen LogP) is 1.45. The Hall–Kier alpha value is -2.52. The number of carbonyl (C=O) groups excluding carboxylic acids is 3. The molecule has 9 heteroatoms. The number of pyridine rings is 1. The summed E-state index contributed by atoms with van der Waals surface area (Å²) in [6.07, 6.45) is 3.70. The maximum atomic E-state index is 13.2. The van der Waals surface area contributed by atoms with Crippen LogP contribution in [0, 0.1) is 17.3 Å². The van der Waals surface area contributed by atoms with Crippen LogP contribution in [0.3, 0.4) is 0 Å². The van der Waals surface area contributed by atoms with Gasteiger partial charge < -0.3 is 15.3 Å². The molecule has 1 heterocycles. The molecule has 0 radical (unpaired) electrons. The highest BCUT2D eigenvalue weighted by atomic mass is 16.5. The first-order chi connectivity index (χ1) is 13.3. The molecule has 0 aromatic carbocycles. The Morgan fingerprint density at radius 3 is 2.24 bits per heavy atom. The summed E-state index contributed by atoms with van der Waals surface area (Å²) in [6.45, 7) is 8.65. The molecule has 9 nitrogen and oxygen atoms in total. The van der Waals surface area contributed by atoms with Gasteiger partial charge >= 0.3 is 0 Å². The Morgan fingerprint density at radius 2 is 1.79 bits per heavy atom. The van der Waals surface area contributed by atoms with Gasteiger partial charge in [0.15, 0.2) is 0 Å². The quantitative estimate of drug-likeness (QED) is 0.223. The third kappa shape index (κ3) is 5.98. The summed E-state index contributed by atoms with van der Waals surface area (Å²) >= 11 is 0. The van der Waals surface area contributed by atoms with Crippen molar-refractivity contribution in [1.29, 1.82) is 0 Å². The lowest BCUT2D eigenvalue weighted by molar-refractivity contribution is -0.164. The minimum Gasteiger partial charge on any atom is -0.363 e. The fraction of sp³-hybridized carbons (Fsp3) is 0.600. The number of nitrogens with zero attached hydrogens (tertiary/aromatic N) is 2. The van der Waals surface area contributed by atoms with Gasteiger partial charge in [0.25, 0.3) is 11.8 Å². The monoisotopic (exact) mass is 408 g/mol. The molecule has 29 heavy (non-hydrogen) atoms. The van der Waals surface area contributed by atoms with E-state index in [1.54, 1.807) is 39.1 Å². The lowest BCUT2D eigenvalue weighted by Crippen LogP contribution is -2.67. The van der Waals surface area contributed by atoms with Gasteiger partial charge in [-0.25, -0.2) is 5.48 Å². The fourth-order valence-electron chi connectivity index (χ4n) is 2.70. The number of hydrogen-bond donors (Lipinski definition) is 4. The third-order valence-electron chi connectivity index (χ3n) is 4.81. The molecular weight excluding hydrogens is 376 g/mol. The van der Waals surface area contributed by atoms with Crippen molar-refractivity contribution in [1.82, 2.24) is 15.8 Å². The number of nitrogens with one attached hydrogen (secondary N) is 2. The summed E-state index contributed by atoms with van der Waals surface area (Å²) in [5.74, 6) is -3.56. The van der Waals surface area contributed by atoms with Crippen LogP contribution in [0.25, 0.3) is 0 Å². The summed E-state index contributed by atoms with van der Waals surface area (Å²) < 4.78 is 0. The van der Waals surface area contributed by atoms with Crippen LogP contribution in [-0.4, -0.2) is 45.8 Å². The van der Waals surface area contributed by atoms with Crippen LogP contribution in [0.4, 0.5) is 5.69 Å². The topological polar surface area (TPSA) is 132 Å². The zero-order valence-corrected chi connectivity index (χ0v) is 17.9. The van der Waals surface area contributed by atoms with Crippen LogP contribution >= 0.6 is 0 Å². The molecule has 0 aliphatic heterocycles. The lowest BCUT2D eigenvalue weighted by Gasteiger charge is -2.41. The molecule has 0 fully saturated rings. The van der Waals surface area contributed by atoms with Gasteiger partial charge in [0.05, 0.1) is 11.9 Å². The second-order valence-electron chi connectivity index (χ2n) is 8.52. The van der Waals surface area contributed by atoms with E-state index >= 15 is 0 Å². The van der Waals surface area contributed by atoms with Gasteiger partial charge in [-0.05, 0) is 30.9 Å². The van der Waals surface area contributed by atoms with Crippen molar-refractivity contribution in [3.63, 3.8) is 0 Å². The van der Waals surface area contributed by atoms with Crippen LogP contribution in [0.2, 0.25) is 0 Å². The molecule has 0 aliphatic carbocycles. The maximum absolute atomic E-state index is 13.2. The molecule has 2 atom stereocenters. The lowest BCUT2D eigenvalue weighted by atomic mass is 9.81. The smallest absolute Gasteiger partial charge is 0.280 e. The number of hydrogen-bond acceptors (Lipinski definition) is 6. The molecule has 0 saturated heterocycles. The van der Waals surface area contributed by atoms with Crippen molar-refractivity contribution in [2.24, 2.45) is 17.3 Å². The standard InChI is InChI=1S/C20H32N4O5/c1-13(2)9-10-15(17(26)23-29)16(25)22-20(28,19(3,4)5)18(27)24(6)14-8-7-11-21-12-14/h7-8,11-13,15,28-29H,9-10H2,1-6H3,(H,22,25)(H,23,26)/t15-,20+/m0/s1. The highest BCUT2D eigenvalue weighted by Gasteiger charge is 2.51. The number of carbonyl (C=O) groups is 3. The van der Waals surface area contributed by atoms with Gasteiger partial charge in [0.1, 0.15) is 5.92 Å². The van der Waals surface area contributed by atoms with Crippen molar-refractivity contribution in [2.45, 2.75) is 53.2 Å². The molecule has 3 amide bonds. The molecule has 0 aliphatic rings. The zero-order valence-electron chi connectivity index (χ0n) is 17.9. The minimum atomic E-state index is -2.31. The van der Waals surface area contributed by atoms with E-state index in [1.807, 2.05) is 13.8 Å². The summed E-state index contributed by atoms with van der Waals surface area (Å²) in [6, 6.07) is 3.28. The molecule has 0 saturated carbocycles. The van der Waals surface area contributed by atoms with E-state index in [2.05, 4.69) is 10.3 Å². The van der Waals surface area contributed by atoms with Gasteiger partial charge in [0.2, 0.25) is 11.6 Å². The van der Waals surface area contributed by atoms with Crippen molar-refractivity contribution in [3.05, 3.63) is 24.5 Å². The second-order valence-corrected chi connectivity index (χ2v) is 8.52. The Bertz CT molecular complexity index is 717. The van der Waals surface area contributed by atoms with Crippen molar-refractivity contribution < 1.29 is 24.7 Å². The Morgan fingerprint density at radius 1 is 1.17 bits per heavy atom. The highest BCUT2D eigenvalue weighted by molar-refractivity contribution is 6.05. The molecule has 0 bridgehead atoms. The van der Waals surface area contributed by atoms with Crippen LogP contribution in [0.5, 0.6) is 0 Å². The summed E-state index contributed by atoms with van der Waals surface area (Å²) in [5, 5.41) is 22.6. The van der Waals surface area contributed by atoms with E-state index in [0.29, 0.717) is 12.1 Å². The summed E-state index contributed by atoms with van der Waals surface area (Å²) in [7, 11) is 1.46. The van der Waals surface area contributed by atoms with E-state index in [0.717, 1.165) is 0 Å².